The van der Waals surface area contributed by atoms with E-state index in [-0.39, 0.29) is 30.9 Å². The van der Waals surface area contributed by atoms with Gasteiger partial charge in [0.05, 0.1) is 26.4 Å². The lowest BCUT2D eigenvalue weighted by molar-refractivity contribution is -0.181. The standard InChI is InChI=1S/C47H64N4O6/c1-29-32(22-36-25-40(29)47(36,3)4)16-17-41(54)44-43(30(2)53)42(28-52)57-51(44)27-33-14-11-15-39(45(33)56-7)34-21-35(24-37(23-34)49(5)6)46(55)50-19-18-48-26-38(50)20-31-12-9-8-10-13-31/h8-15,21,23-24,29-30,32,36,38,40,42-44,48,52-53H,16-20,22,25-28H2,1-7H3/t29-,30+,32+,36+,38+,40+,42+,43-,44-/m1/s1. The average Bonchev–Trinajstić information content (AvgIpc) is 3.58. The maximum absolute atomic E-state index is 14.4. The van der Waals surface area contributed by atoms with Gasteiger partial charge in [-0.3, -0.25) is 14.4 Å². The summed E-state index contributed by atoms with van der Waals surface area (Å²) in [5, 5.41) is 26.6. The molecule has 3 saturated carbocycles. The van der Waals surface area contributed by atoms with Gasteiger partial charge in [-0.05, 0) is 91.0 Å². The summed E-state index contributed by atoms with van der Waals surface area (Å²) < 4.78 is 6.15. The van der Waals surface area contributed by atoms with Gasteiger partial charge in [0, 0.05) is 74.5 Å². The highest BCUT2D eigenvalue weighted by molar-refractivity contribution is 5.97. The molecule has 2 bridgehead atoms. The van der Waals surface area contributed by atoms with Crippen molar-refractivity contribution in [2.75, 3.05) is 52.3 Å². The van der Waals surface area contributed by atoms with Crippen molar-refractivity contribution in [2.24, 2.45) is 35.0 Å². The second-order valence-electron chi connectivity index (χ2n) is 18.1. The van der Waals surface area contributed by atoms with Crippen LogP contribution in [-0.2, 0) is 22.6 Å². The minimum Gasteiger partial charge on any atom is -0.496 e. The molecule has 8 rings (SSSR count). The SMILES string of the molecule is COc1c(CN2O[C@@H](CO)[C@@H]([C@H](C)O)[C@H]2C(=O)CC[C@H]2C[C@H]3C[C@@H]([C@@H]2C)C3(C)C)cccc1-c1cc(C(=O)N2CCNC[C@@H]2Cc2ccccc2)cc(N(C)C)c1. The second-order valence-corrected chi connectivity index (χ2v) is 18.1. The van der Waals surface area contributed by atoms with Gasteiger partial charge in [-0.1, -0.05) is 69.3 Å². The van der Waals surface area contributed by atoms with Crippen LogP contribution in [0.4, 0.5) is 5.69 Å². The van der Waals surface area contributed by atoms with E-state index >= 15 is 0 Å². The summed E-state index contributed by atoms with van der Waals surface area (Å²) in [7, 11) is 5.58. The van der Waals surface area contributed by atoms with E-state index in [9.17, 15) is 19.8 Å². The molecule has 3 aliphatic carbocycles. The Morgan fingerprint density at radius 2 is 1.84 bits per heavy atom. The highest BCUT2D eigenvalue weighted by atomic mass is 16.7. The van der Waals surface area contributed by atoms with Crippen molar-refractivity contribution < 1.29 is 29.4 Å². The minimum atomic E-state index is -0.857. The number of carbonyl (C=O) groups excluding carboxylic acids is 2. The van der Waals surface area contributed by atoms with E-state index < -0.39 is 24.2 Å². The van der Waals surface area contributed by atoms with E-state index in [1.165, 1.54) is 12.0 Å². The van der Waals surface area contributed by atoms with Gasteiger partial charge in [-0.15, -0.1) is 0 Å². The fraction of sp³-hybridized carbons (Fsp3) is 0.574. The van der Waals surface area contributed by atoms with Gasteiger partial charge in [-0.2, -0.15) is 5.06 Å². The Bertz CT molecular complexity index is 1880. The van der Waals surface area contributed by atoms with Crippen LogP contribution in [-0.4, -0.2) is 104 Å². The molecule has 10 nitrogen and oxygen atoms in total. The number of nitrogens with zero attached hydrogens (tertiary/aromatic N) is 3. The van der Waals surface area contributed by atoms with Crippen LogP contribution in [0.25, 0.3) is 11.1 Å². The summed E-state index contributed by atoms with van der Waals surface area (Å²) in [5.41, 5.74) is 5.54. The Morgan fingerprint density at radius 1 is 1.07 bits per heavy atom. The van der Waals surface area contributed by atoms with Crippen LogP contribution in [0.3, 0.4) is 0 Å². The maximum atomic E-state index is 14.4. The molecule has 0 aromatic heterocycles. The molecular formula is C47H64N4O6. The lowest BCUT2D eigenvalue weighted by Crippen LogP contribution is -2.55. The molecule has 5 aliphatic rings. The quantitative estimate of drug-likeness (QED) is 0.175. The van der Waals surface area contributed by atoms with Crippen LogP contribution < -0.4 is 15.0 Å². The molecular weight excluding hydrogens is 717 g/mol. The molecule has 1 amide bonds. The van der Waals surface area contributed by atoms with Gasteiger partial charge in [0.2, 0.25) is 0 Å². The third-order valence-corrected chi connectivity index (χ3v) is 14.3. The number of hydrogen-bond donors (Lipinski definition) is 3. The first-order valence-electron chi connectivity index (χ1n) is 21.1. The number of hydroxylamine groups is 2. The number of anilines is 1. The van der Waals surface area contributed by atoms with E-state index in [1.807, 2.05) is 72.4 Å². The first kappa shape index (κ1) is 41.4. The second kappa shape index (κ2) is 17.2. The molecule has 57 heavy (non-hydrogen) atoms. The third kappa shape index (κ3) is 8.26. The number of Topliss-reactive ketones (excluding diaryl/α,β-unsaturated/α-hetero) is 1. The summed E-state index contributed by atoms with van der Waals surface area (Å²) in [4.78, 5) is 39.1. The number of aliphatic hydroxyl groups excluding tert-OH is 2. The Labute approximate surface area is 339 Å². The zero-order chi connectivity index (χ0) is 40.6. The highest BCUT2D eigenvalue weighted by Crippen LogP contribution is 2.63. The van der Waals surface area contributed by atoms with Gasteiger partial charge in [0.15, 0.2) is 5.78 Å². The highest BCUT2D eigenvalue weighted by Gasteiger charge is 2.56. The molecule has 3 aromatic carbocycles. The molecule has 3 aromatic rings. The molecule has 2 saturated heterocycles. The summed E-state index contributed by atoms with van der Waals surface area (Å²) in [6, 6.07) is 21.5. The fourth-order valence-electron chi connectivity index (χ4n) is 10.8. The number of nitrogens with one attached hydrogen (secondary N) is 1. The maximum Gasteiger partial charge on any atom is 0.254 e. The lowest BCUT2D eigenvalue weighted by atomic mass is 9.43. The van der Waals surface area contributed by atoms with Gasteiger partial charge in [0.1, 0.15) is 17.9 Å². The van der Waals surface area contributed by atoms with Crippen LogP contribution in [0.2, 0.25) is 0 Å². The Kier molecular flexibility index (Phi) is 12.5. The van der Waals surface area contributed by atoms with Gasteiger partial charge < -0.3 is 30.1 Å². The van der Waals surface area contributed by atoms with Crippen molar-refractivity contribution in [1.29, 1.82) is 0 Å². The molecule has 308 valence electrons. The summed E-state index contributed by atoms with van der Waals surface area (Å²) in [5.74, 6) is 2.59. The number of piperazine rings is 1. The number of carbonyl (C=O) groups is 2. The van der Waals surface area contributed by atoms with Crippen molar-refractivity contribution in [3.8, 4) is 16.9 Å². The molecule has 0 unspecified atom stereocenters. The van der Waals surface area contributed by atoms with Gasteiger partial charge in [-0.25, -0.2) is 0 Å². The fourth-order valence-corrected chi connectivity index (χ4v) is 10.8. The number of amides is 1. The monoisotopic (exact) mass is 780 g/mol. The van der Waals surface area contributed by atoms with Crippen molar-refractivity contribution in [3.63, 3.8) is 0 Å². The third-order valence-electron chi connectivity index (χ3n) is 14.3. The normalized spacial score (nSPS) is 28.8. The summed E-state index contributed by atoms with van der Waals surface area (Å²) >= 11 is 0. The number of ketones is 1. The zero-order valence-corrected chi connectivity index (χ0v) is 35.0. The molecule has 3 N–H and O–H groups in total. The Hall–Kier alpha value is -3.80. The van der Waals surface area contributed by atoms with Gasteiger partial charge >= 0.3 is 0 Å². The Balaban J connectivity index is 1.15. The van der Waals surface area contributed by atoms with Crippen LogP contribution in [0.1, 0.15) is 74.9 Å². The van der Waals surface area contributed by atoms with Crippen molar-refractivity contribution in [1.82, 2.24) is 15.3 Å². The topological polar surface area (TPSA) is 115 Å². The zero-order valence-electron chi connectivity index (χ0n) is 35.0. The smallest absolute Gasteiger partial charge is 0.254 e. The number of rotatable bonds is 14. The molecule has 0 radical (unpaired) electrons. The first-order valence-corrected chi connectivity index (χ1v) is 21.1. The van der Waals surface area contributed by atoms with Crippen LogP contribution in [0.5, 0.6) is 5.75 Å². The molecule has 2 heterocycles. The van der Waals surface area contributed by atoms with E-state index in [2.05, 4.69) is 44.3 Å². The number of aliphatic hydroxyl groups is 2. The number of para-hydroxylation sites is 1. The number of benzene rings is 3. The number of fused-ring (bicyclic) bond motifs is 2. The molecule has 5 fully saturated rings. The van der Waals surface area contributed by atoms with Crippen molar-refractivity contribution in [2.45, 2.75) is 90.6 Å². The van der Waals surface area contributed by atoms with E-state index in [1.54, 1.807) is 19.1 Å². The number of hydrogen-bond acceptors (Lipinski definition) is 9. The predicted octanol–water partition coefficient (Wildman–Crippen LogP) is 6.23. The molecule has 2 aliphatic heterocycles. The van der Waals surface area contributed by atoms with Gasteiger partial charge in [0.25, 0.3) is 5.91 Å². The lowest BCUT2D eigenvalue weighted by Gasteiger charge is -2.62. The van der Waals surface area contributed by atoms with Crippen molar-refractivity contribution >= 4 is 17.4 Å². The number of ether oxygens (including phenoxy) is 1. The largest absolute Gasteiger partial charge is 0.496 e. The van der Waals surface area contributed by atoms with Crippen LogP contribution >= 0.6 is 0 Å². The summed E-state index contributed by atoms with van der Waals surface area (Å²) in [6.45, 7) is 10.8. The minimum absolute atomic E-state index is 0.00750. The first-order chi connectivity index (χ1) is 27.3. The molecule has 0 spiro atoms. The molecule has 10 heteroatoms. The van der Waals surface area contributed by atoms with Crippen molar-refractivity contribution in [3.05, 3.63) is 83.4 Å². The number of methoxy groups -OCH3 is 1. The Morgan fingerprint density at radius 3 is 2.51 bits per heavy atom. The van der Waals surface area contributed by atoms with E-state index in [0.717, 1.165) is 60.6 Å². The van der Waals surface area contributed by atoms with E-state index in [0.29, 0.717) is 47.4 Å². The summed E-state index contributed by atoms with van der Waals surface area (Å²) in [6.07, 6.45) is 2.90. The van der Waals surface area contributed by atoms with Crippen LogP contribution in [0, 0.1) is 35.0 Å². The molecule has 9 atom stereocenters. The average molecular weight is 781 g/mol. The predicted molar refractivity (Wildman–Crippen MR) is 224 cm³/mol. The van der Waals surface area contributed by atoms with E-state index in [4.69, 9.17) is 9.57 Å². The van der Waals surface area contributed by atoms with Crippen LogP contribution in [0.15, 0.2) is 66.7 Å².